The molecular weight excluding hydrogens is 232 g/mol. The van der Waals surface area contributed by atoms with Gasteiger partial charge in [-0.1, -0.05) is 42.0 Å². The highest BCUT2D eigenvalue weighted by atomic mass is 15.5. The van der Waals surface area contributed by atoms with Crippen LogP contribution in [-0.2, 0) is 0 Å². The van der Waals surface area contributed by atoms with E-state index in [4.69, 9.17) is 5.10 Å². The number of anilines is 1. The van der Waals surface area contributed by atoms with Crippen LogP contribution in [0.4, 0.5) is 5.69 Å². The van der Waals surface area contributed by atoms with Crippen molar-refractivity contribution < 1.29 is 0 Å². The van der Waals surface area contributed by atoms with E-state index in [0.717, 1.165) is 13.0 Å². The standard InChI is InChI=1S/C17H18N2/c1-13-7-9-15(10-8-13)19-12-11-17(18-19)16-6-4-3-5-14(16)2/h3-10H,11-12H2,1-2H3. The van der Waals surface area contributed by atoms with Crippen molar-refractivity contribution in [3.8, 4) is 0 Å². The molecule has 2 aromatic rings. The van der Waals surface area contributed by atoms with Gasteiger partial charge >= 0.3 is 0 Å². The van der Waals surface area contributed by atoms with Crippen molar-refractivity contribution in [2.24, 2.45) is 5.10 Å². The number of hydrogen-bond donors (Lipinski definition) is 0. The molecule has 0 fully saturated rings. The van der Waals surface area contributed by atoms with Crippen molar-refractivity contribution >= 4 is 11.4 Å². The zero-order chi connectivity index (χ0) is 13.2. The van der Waals surface area contributed by atoms with E-state index in [-0.39, 0.29) is 0 Å². The zero-order valence-corrected chi connectivity index (χ0v) is 11.4. The normalized spacial score (nSPS) is 14.6. The second-order valence-electron chi connectivity index (χ2n) is 5.07. The molecule has 1 aliphatic heterocycles. The second kappa shape index (κ2) is 4.88. The summed E-state index contributed by atoms with van der Waals surface area (Å²) in [6.07, 6.45) is 1.01. The van der Waals surface area contributed by atoms with Crippen molar-refractivity contribution in [1.29, 1.82) is 0 Å². The lowest BCUT2D eigenvalue weighted by molar-refractivity contribution is 0.921. The lowest BCUT2D eigenvalue weighted by Gasteiger charge is -2.13. The summed E-state index contributed by atoms with van der Waals surface area (Å²) in [5.74, 6) is 0. The van der Waals surface area contributed by atoms with Gasteiger partial charge in [0.15, 0.2) is 0 Å². The number of rotatable bonds is 2. The summed E-state index contributed by atoms with van der Waals surface area (Å²) in [6, 6.07) is 17.0. The van der Waals surface area contributed by atoms with Gasteiger partial charge in [-0.05, 0) is 31.5 Å². The van der Waals surface area contributed by atoms with Crippen molar-refractivity contribution in [1.82, 2.24) is 0 Å². The van der Waals surface area contributed by atoms with E-state index < -0.39 is 0 Å². The molecule has 2 nitrogen and oxygen atoms in total. The third-order valence-electron chi connectivity index (χ3n) is 3.59. The van der Waals surface area contributed by atoms with Crippen molar-refractivity contribution in [3.63, 3.8) is 0 Å². The summed E-state index contributed by atoms with van der Waals surface area (Å²) in [5.41, 5.74) is 6.23. The third kappa shape index (κ3) is 2.39. The predicted octanol–water partition coefficient (Wildman–Crippen LogP) is 3.92. The van der Waals surface area contributed by atoms with Gasteiger partial charge in [-0.3, -0.25) is 5.01 Å². The summed E-state index contributed by atoms with van der Waals surface area (Å²) in [6.45, 7) is 5.22. The first kappa shape index (κ1) is 12.0. The number of hydrogen-bond acceptors (Lipinski definition) is 2. The van der Waals surface area contributed by atoms with E-state index in [1.807, 2.05) is 0 Å². The molecule has 1 aliphatic rings. The van der Waals surface area contributed by atoms with Crippen LogP contribution in [0.25, 0.3) is 0 Å². The highest BCUT2D eigenvalue weighted by molar-refractivity contribution is 6.03. The van der Waals surface area contributed by atoms with Crippen LogP contribution in [0.15, 0.2) is 53.6 Å². The van der Waals surface area contributed by atoms with E-state index >= 15 is 0 Å². The minimum atomic E-state index is 0.965. The Labute approximate surface area is 114 Å². The molecule has 3 rings (SSSR count). The molecule has 0 unspecified atom stereocenters. The smallest absolute Gasteiger partial charge is 0.0702 e. The number of aryl methyl sites for hydroxylation is 2. The van der Waals surface area contributed by atoms with Crippen LogP contribution in [-0.4, -0.2) is 12.3 Å². The third-order valence-corrected chi connectivity index (χ3v) is 3.59. The first-order chi connectivity index (χ1) is 9.24. The molecule has 0 amide bonds. The maximum atomic E-state index is 4.77. The molecule has 19 heavy (non-hydrogen) atoms. The molecule has 2 aromatic carbocycles. The van der Waals surface area contributed by atoms with Crippen molar-refractivity contribution in [2.75, 3.05) is 11.6 Å². The Morgan fingerprint density at radius 2 is 1.68 bits per heavy atom. The molecule has 0 aliphatic carbocycles. The van der Waals surface area contributed by atoms with Gasteiger partial charge in [0.05, 0.1) is 11.4 Å². The Hall–Kier alpha value is -2.09. The molecule has 0 aromatic heterocycles. The van der Waals surface area contributed by atoms with Gasteiger partial charge in [0.1, 0.15) is 0 Å². The summed E-state index contributed by atoms with van der Waals surface area (Å²) >= 11 is 0. The molecule has 1 heterocycles. The van der Waals surface area contributed by atoms with Gasteiger partial charge in [-0.2, -0.15) is 5.10 Å². The first-order valence-corrected chi connectivity index (χ1v) is 6.72. The Kier molecular flexibility index (Phi) is 3.08. The topological polar surface area (TPSA) is 15.6 Å². The van der Waals surface area contributed by atoms with E-state index in [1.165, 1.54) is 28.1 Å². The van der Waals surface area contributed by atoms with Gasteiger partial charge in [-0.15, -0.1) is 0 Å². The monoisotopic (exact) mass is 250 g/mol. The molecule has 0 atom stereocenters. The maximum Gasteiger partial charge on any atom is 0.0702 e. The highest BCUT2D eigenvalue weighted by Crippen LogP contribution is 2.23. The zero-order valence-electron chi connectivity index (χ0n) is 11.4. The minimum Gasteiger partial charge on any atom is -0.265 e. The average Bonchev–Trinajstić information content (AvgIpc) is 2.89. The van der Waals surface area contributed by atoms with E-state index in [1.54, 1.807) is 0 Å². The Morgan fingerprint density at radius 1 is 0.947 bits per heavy atom. The van der Waals surface area contributed by atoms with Crippen molar-refractivity contribution in [3.05, 3.63) is 65.2 Å². The summed E-state index contributed by atoms with van der Waals surface area (Å²) < 4.78 is 0. The average molecular weight is 250 g/mol. The number of nitrogens with zero attached hydrogens (tertiary/aromatic N) is 2. The van der Waals surface area contributed by atoms with Gasteiger partial charge in [0.2, 0.25) is 0 Å². The quantitative estimate of drug-likeness (QED) is 0.788. The highest BCUT2D eigenvalue weighted by Gasteiger charge is 2.18. The molecule has 0 saturated carbocycles. The fraction of sp³-hybridized carbons (Fsp3) is 0.235. The molecular formula is C17H18N2. The minimum absolute atomic E-state index is 0.965. The lowest BCUT2D eigenvalue weighted by atomic mass is 10.0. The van der Waals surface area contributed by atoms with Crippen LogP contribution in [0, 0.1) is 13.8 Å². The summed E-state index contributed by atoms with van der Waals surface area (Å²) in [5, 5.41) is 6.87. The fourth-order valence-electron chi connectivity index (χ4n) is 2.45. The molecule has 0 N–H and O–H groups in total. The van der Waals surface area contributed by atoms with Gasteiger partial charge in [0, 0.05) is 18.5 Å². The van der Waals surface area contributed by atoms with Crippen LogP contribution >= 0.6 is 0 Å². The fourth-order valence-corrected chi connectivity index (χ4v) is 2.45. The first-order valence-electron chi connectivity index (χ1n) is 6.72. The van der Waals surface area contributed by atoms with Crippen LogP contribution in [0.1, 0.15) is 23.1 Å². The summed E-state index contributed by atoms with van der Waals surface area (Å²) in [4.78, 5) is 0. The largest absolute Gasteiger partial charge is 0.265 e. The van der Waals surface area contributed by atoms with Crippen LogP contribution in [0.5, 0.6) is 0 Å². The number of benzene rings is 2. The van der Waals surface area contributed by atoms with Crippen molar-refractivity contribution in [2.45, 2.75) is 20.3 Å². The van der Waals surface area contributed by atoms with Crippen LogP contribution in [0.2, 0.25) is 0 Å². The number of hydrazone groups is 1. The molecule has 0 radical (unpaired) electrons. The second-order valence-corrected chi connectivity index (χ2v) is 5.07. The Bertz CT molecular complexity index is 611. The van der Waals surface area contributed by atoms with Gasteiger partial charge in [-0.25, -0.2) is 0 Å². The van der Waals surface area contributed by atoms with E-state index in [0.29, 0.717) is 0 Å². The maximum absolute atomic E-state index is 4.77. The Balaban J connectivity index is 1.89. The van der Waals surface area contributed by atoms with Gasteiger partial charge in [0.25, 0.3) is 0 Å². The van der Waals surface area contributed by atoms with E-state index in [2.05, 4.69) is 67.4 Å². The van der Waals surface area contributed by atoms with E-state index in [9.17, 15) is 0 Å². The molecule has 0 spiro atoms. The molecule has 0 saturated heterocycles. The summed E-state index contributed by atoms with van der Waals surface area (Å²) in [7, 11) is 0. The molecule has 2 heteroatoms. The SMILES string of the molecule is Cc1ccc(N2CCC(c3ccccc3C)=N2)cc1. The molecule has 0 bridgehead atoms. The van der Waals surface area contributed by atoms with Crippen LogP contribution in [0.3, 0.4) is 0 Å². The Morgan fingerprint density at radius 3 is 2.42 bits per heavy atom. The van der Waals surface area contributed by atoms with Gasteiger partial charge < -0.3 is 0 Å². The predicted molar refractivity (Wildman–Crippen MR) is 80.9 cm³/mol. The van der Waals surface area contributed by atoms with Crippen LogP contribution < -0.4 is 5.01 Å². The lowest BCUT2D eigenvalue weighted by Crippen LogP contribution is -2.11. The molecule has 96 valence electrons.